The van der Waals surface area contributed by atoms with Crippen LogP contribution in [0.25, 0.3) is 0 Å². The van der Waals surface area contributed by atoms with Crippen molar-refractivity contribution in [1.29, 1.82) is 0 Å². The zero-order chi connectivity index (χ0) is 17.2. The van der Waals surface area contributed by atoms with E-state index in [-0.39, 0.29) is 18.0 Å². The predicted molar refractivity (Wildman–Crippen MR) is 95.9 cm³/mol. The highest BCUT2D eigenvalue weighted by molar-refractivity contribution is 5.74. The Bertz CT molecular complexity index is 473. The fourth-order valence-electron chi connectivity index (χ4n) is 4.64. The molecule has 2 heterocycles. The molecule has 0 aromatic heterocycles. The maximum absolute atomic E-state index is 12.6. The summed E-state index contributed by atoms with van der Waals surface area (Å²) in [7, 11) is 0. The Morgan fingerprint density at radius 1 is 1.21 bits per heavy atom. The van der Waals surface area contributed by atoms with Gasteiger partial charge in [-0.15, -0.1) is 0 Å². The molecule has 0 radical (unpaired) electrons. The number of amides is 2. The number of rotatable bonds is 3. The third-order valence-corrected chi connectivity index (χ3v) is 6.12. The maximum atomic E-state index is 12.6. The lowest BCUT2D eigenvalue weighted by Gasteiger charge is -2.47. The van der Waals surface area contributed by atoms with Gasteiger partial charge in [0.15, 0.2) is 0 Å². The van der Waals surface area contributed by atoms with Crippen molar-refractivity contribution in [3.05, 3.63) is 12.2 Å². The van der Waals surface area contributed by atoms with Gasteiger partial charge in [0, 0.05) is 44.7 Å². The van der Waals surface area contributed by atoms with E-state index in [1.165, 1.54) is 12.0 Å². The van der Waals surface area contributed by atoms with Gasteiger partial charge in [-0.05, 0) is 39.0 Å². The number of carbonyl (C=O) groups is 1. The standard InChI is InChI=1S/C19H33N3O2/c1-15(2)13-21-10-6-17(7-11-21)20-18(23)22-12-9-19(24)8-4-3-5-16(19)14-22/h16-17,24H,1,3-14H2,2H3,(H,20,23)/t16-,19+/m1/s1. The topological polar surface area (TPSA) is 55.8 Å². The molecule has 2 saturated heterocycles. The number of piperidine rings is 2. The van der Waals surface area contributed by atoms with E-state index in [0.717, 1.165) is 64.7 Å². The summed E-state index contributed by atoms with van der Waals surface area (Å²) in [4.78, 5) is 17.0. The molecule has 2 atom stereocenters. The van der Waals surface area contributed by atoms with Crippen LogP contribution in [0.15, 0.2) is 12.2 Å². The van der Waals surface area contributed by atoms with Crippen LogP contribution in [0.3, 0.4) is 0 Å². The zero-order valence-electron chi connectivity index (χ0n) is 15.1. The number of hydrogen-bond donors (Lipinski definition) is 2. The third-order valence-electron chi connectivity index (χ3n) is 6.12. The number of carbonyl (C=O) groups excluding carboxylic acids is 1. The summed E-state index contributed by atoms with van der Waals surface area (Å²) in [6, 6.07) is 0.354. The van der Waals surface area contributed by atoms with Gasteiger partial charge in [-0.3, -0.25) is 4.90 Å². The number of hydrogen-bond acceptors (Lipinski definition) is 3. The molecule has 1 saturated carbocycles. The van der Waals surface area contributed by atoms with Crippen molar-refractivity contribution >= 4 is 6.03 Å². The molecule has 0 aromatic rings. The van der Waals surface area contributed by atoms with Crippen LogP contribution in [0, 0.1) is 5.92 Å². The molecule has 5 nitrogen and oxygen atoms in total. The number of urea groups is 1. The Balaban J connectivity index is 1.45. The second-order valence-corrected chi connectivity index (χ2v) is 8.20. The molecular formula is C19H33N3O2. The highest BCUT2D eigenvalue weighted by atomic mass is 16.3. The Morgan fingerprint density at radius 2 is 1.96 bits per heavy atom. The van der Waals surface area contributed by atoms with Gasteiger partial charge < -0.3 is 15.3 Å². The van der Waals surface area contributed by atoms with Crippen LogP contribution < -0.4 is 5.32 Å². The Morgan fingerprint density at radius 3 is 2.67 bits per heavy atom. The Labute approximate surface area is 146 Å². The molecule has 3 aliphatic rings. The van der Waals surface area contributed by atoms with Crippen LogP contribution in [0.4, 0.5) is 4.79 Å². The fourth-order valence-corrected chi connectivity index (χ4v) is 4.64. The molecule has 1 aliphatic carbocycles. The van der Waals surface area contributed by atoms with E-state index in [2.05, 4.69) is 23.7 Å². The molecule has 2 amide bonds. The van der Waals surface area contributed by atoms with Gasteiger partial charge >= 0.3 is 6.03 Å². The normalized spacial score (nSPS) is 32.2. The van der Waals surface area contributed by atoms with Crippen LogP contribution in [-0.2, 0) is 0 Å². The fraction of sp³-hybridized carbons (Fsp3) is 0.842. The first-order chi connectivity index (χ1) is 11.5. The number of nitrogens with one attached hydrogen (secondary N) is 1. The molecule has 0 aromatic carbocycles. The number of nitrogens with zero attached hydrogens (tertiary/aromatic N) is 2. The lowest BCUT2D eigenvalue weighted by Crippen LogP contribution is -2.58. The molecule has 0 unspecified atom stereocenters. The minimum absolute atomic E-state index is 0.0703. The summed E-state index contributed by atoms with van der Waals surface area (Å²) in [5, 5.41) is 14.0. The van der Waals surface area contributed by atoms with Gasteiger partial charge in [0.05, 0.1) is 5.60 Å². The highest BCUT2D eigenvalue weighted by Gasteiger charge is 2.43. The average molecular weight is 335 g/mol. The zero-order valence-corrected chi connectivity index (χ0v) is 15.1. The van der Waals surface area contributed by atoms with E-state index in [1.807, 2.05) is 4.90 Å². The van der Waals surface area contributed by atoms with Gasteiger partial charge in [0.2, 0.25) is 0 Å². The largest absolute Gasteiger partial charge is 0.389 e. The van der Waals surface area contributed by atoms with Crippen LogP contribution in [0.2, 0.25) is 0 Å². The van der Waals surface area contributed by atoms with Crippen LogP contribution in [-0.4, -0.2) is 65.3 Å². The second-order valence-electron chi connectivity index (χ2n) is 8.20. The van der Waals surface area contributed by atoms with Gasteiger partial charge in [0.25, 0.3) is 0 Å². The van der Waals surface area contributed by atoms with Gasteiger partial charge in [-0.25, -0.2) is 4.79 Å². The summed E-state index contributed by atoms with van der Waals surface area (Å²) in [5.41, 5.74) is 0.689. The van der Waals surface area contributed by atoms with Crippen molar-refractivity contribution in [1.82, 2.24) is 15.1 Å². The predicted octanol–water partition coefficient (Wildman–Crippen LogP) is 2.36. The number of fused-ring (bicyclic) bond motifs is 1. The summed E-state index contributed by atoms with van der Waals surface area (Å²) in [6.07, 6.45) is 7.04. The quantitative estimate of drug-likeness (QED) is 0.779. The monoisotopic (exact) mass is 335 g/mol. The molecule has 2 N–H and O–H groups in total. The molecule has 3 fully saturated rings. The van der Waals surface area contributed by atoms with E-state index in [0.29, 0.717) is 6.54 Å². The first-order valence-electron chi connectivity index (χ1n) is 9.61. The van der Waals surface area contributed by atoms with Gasteiger partial charge in [0.1, 0.15) is 0 Å². The van der Waals surface area contributed by atoms with Crippen LogP contribution >= 0.6 is 0 Å². The third kappa shape index (κ3) is 4.12. The maximum Gasteiger partial charge on any atom is 0.317 e. The van der Waals surface area contributed by atoms with E-state index in [9.17, 15) is 9.90 Å². The average Bonchev–Trinajstić information content (AvgIpc) is 2.55. The minimum Gasteiger partial charge on any atom is -0.389 e. The second kappa shape index (κ2) is 7.44. The molecule has 0 spiro atoms. The van der Waals surface area contributed by atoms with Crippen molar-refractivity contribution in [2.45, 2.75) is 63.5 Å². The van der Waals surface area contributed by atoms with Crippen LogP contribution in [0.1, 0.15) is 51.9 Å². The van der Waals surface area contributed by atoms with Crippen LogP contribution in [0.5, 0.6) is 0 Å². The SMILES string of the molecule is C=C(C)CN1CCC(NC(=O)N2CC[C@@]3(O)CCCC[C@@H]3C2)CC1. The molecule has 24 heavy (non-hydrogen) atoms. The van der Waals surface area contributed by atoms with E-state index in [1.54, 1.807) is 0 Å². The molecule has 136 valence electrons. The summed E-state index contributed by atoms with van der Waals surface area (Å²) in [6.45, 7) is 10.5. The van der Waals surface area contributed by atoms with Crippen molar-refractivity contribution < 1.29 is 9.90 Å². The Kier molecular flexibility index (Phi) is 5.50. The highest BCUT2D eigenvalue weighted by Crippen LogP contribution is 2.39. The first kappa shape index (κ1) is 17.7. The van der Waals surface area contributed by atoms with E-state index >= 15 is 0 Å². The molecular weight excluding hydrogens is 302 g/mol. The molecule has 2 aliphatic heterocycles. The van der Waals surface area contributed by atoms with E-state index in [4.69, 9.17) is 0 Å². The molecule has 5 heteroatoms. The lowest BCUT2D eigenvalue weighted by atomic mass is 9.71. The Hall–Kier alpha value is -1.07. The molecule has 0 bridgehead atoms. The summed E-state index contributed by atoms with van der Waals surface area (Å²) in [5.74, 6) is 0.267. The smallest absolute Gasteiger partial charge is 0.317 e. The summed E-state index contributed by atoms with van der Waals surface area (Å²) >= 11 is 0. The molecule has 3 rings (SSSR count). The van der Waals surface area contributed by atoms with Crippen molar-refractivity contribution in [3.8, 4) is 0 Å². The lowest BCUT2D eigenvalue weighted by molar-refractivity contribution is -0.0872. The van der Waals surface area contributed by atoms with Crippen molar-refractivity contribution in [2.24, 2.45) is 5.92 Å². The van der Waals surface area contributed by atoms with Crippen molar-refractivity contribution in [3.63, 3.8) is 0 Å². The summed E-state index contributed by atoms with van der Waals surface area (Å²) < 4.78 is 0. The minimum atomic E-state index is -0.511. The number of aliphatic hydroxyl groups is 1. The first-order valence-corrected chi connectivity index (χ1v) is 9.61. The van der Waals surface area contributed by atoms with Gasteiger partial charge in [-0.2, -0.15) is 0 Å². The van der Waals surface area contributed by atoms with E-state index < -0.39 is 5.60 Å². The van der Waals surface area contributed by atoms with Crippen molar-refractivity contribution in [2.75, 3.05) is 32.7 Å². The number of likely N-dealkylation sites (tertiary alicyclic amines) is 2. The van der Waals surface area contributed by atoms with Gasteiger partial charge in [-0.1, -0.05) is 25.0 Å².